The van der Waals surface area contributed by atoms with Gasteiger partial charge in [-0.2, -0.15) is 0 Å². The first-order valence-corrected chi connectivity index (χ1v) is 5.39. The molecule has 0 aromatic heterocycles. The van der Waals surface area contributed by atoms with E-state index in [0.717, 1.165) is 12.1 Å². The quantitative estimate of drug-likeness (QED) is 0.846. The van der Waals surface area contributed by atoms with Crippen molar-refractivity contribution in [2.75, 3.05) is 6.54 Å². The van der Waals surface area contributed by atoms with Gasteiger partial charge in [-0.05, 0) is 25.5 Å². The zero-order chi connectivity index (χ0) is 13.1. The van der Waals surface area contributed by atoms with Gasteiger partial charge in [-0.25, -0.2) is 8.78 Å². The largest absolute Gasteiger partial charge is 0.346 e. The van der Waals surface area contributed by atoms with Crippen LogP contribution in [0.3, 0.4) is 0 Å². The fourth-order valence-corrected chi connectivity index (χ4v) is 1.30. The molecule has 0 saturated carbocycles. The third-order valence-corrected chi connectivity index (χ3v) is 2.82. The molecule has 0 saturated heterocycles. The van der Waals surface area contributed by atoms with Gasteiger partial charge in [0.05, 0.1) is 5.56 Å². The van der Waals surface area contributed by atoms with Crippen LogP contribution in [0, 0.1) is 11.6 Å². The van der Waals surface area contributed by atoms with Crippen molar-refractivity contribution in [3.63, 3.8) is 0 Å². The number of hydrogen-bond acceptors (Lipinski definition) is 2. The van der Waals surface area contributed by atoms with Gasteiger partial charge >= 0.3 is 0 Å². The lowest BCUT2D eigenvalue weighted by Crippen LogP contribution is -2.51. The van der Waals surface area contributed by atoms with E-state index in [4.69, 9.17) is 5.73 Å². The highest BCUT2D eigenvalue weighted by Crippen LogP contribution is 2.13. The summed E-state index contributed by atoms with van der Waals surface area (Å²) >= 11 is 0. The van der Waals surface area contributed by atoms with Crippen LogP contribution in [0.1, 0.15) is 30.6 Å². The summed E-state index contributed by atoms with van der Waals surface area (Å²) in [6, 6.07) is 2.84. The van der Waals surface area contributed by atoms with Gasteiger partial charge in [0.25, 0.3) is 5.91 Å². The molecule has 17 heavy (non-hydrogen) atoms. The molecule has 0 heterocycles. The lowest BCUT2D eigenvalue weighted by molar-refractivity contribution is 0.0902. The summed E-state index contributed by atoms with van der Waals surface area (Å²) in [4.78, 5) is 11.8. The van der Waals surface area contributed by atoms with E-state index in [2.05, 4.69) is 5.32 Å². The summed E-state index contributed by atoms with van der Waals surface area (Å²) in [5.74, 6) is -2.17. The Morgan fingerprint density at radius 2 is 2.12 bits per heavy atom. The summed E-state index contributed by atoms with van der Waals surface area (Å²) in [7, 11) is 0. The zero-order valence-corrected chi connectivity index (χ0v) is 9.89. The lowest BCUT2D eigenvalue weighted by Gasteiger charge is -2.27. The van der Waals surface area contributed by atoms with Gasteiger partial charge in [-0.15, -0.1) is 0 Å². The highest BCUT2D eigenvalue weighted by molar-refractivity contribution is 5.94. The minimum absolute atomic E-state index is 0.181. The zero-order valence-electron chi connectivity index (χ0n) is 9.89. The van der Waals surface area contributed by atoms with Crippen LogP contribution in [0.15, 0.2) is 18.2 Å². The average molecular weight is 242 g/mol. The Bertz CT molecular complexity index is 417. The van der Waals surface area contributed by atoms with Crippen molar-refractivity contribution in [1.82, 2.24) is 5.32 Å². The maximum Gasteiger partial charge on any atom is 0.254 e. The van der Waals surface area contributed by atoms with E-state index in [0.29, 0.717) is 12.5 Å². The second kappa shape index (κ2) is 5.23. The predicted molar refractivity (Wildman–Crippen MR) is 61.6 cm³/mol. The molecule has 1 rings (SSSR count). The summed E-state index contributed by atoms with van der Waals surface area (Å²) in [6.45, 7) is 3.89. The maximum absolute atomic E-state index is 13.4. The van der Waals surface area contributed by atoms with E-state index in [9.17, 15) is 13.6 Å². The van der Waals surface area contributed by atoms with Crippen molar-refractivity contribution in [1.29, 1.82) is 0 Å². The fraction of sp³-hybridized carbons (Fsp3) is 0.417. The number of carbonyl (C=O) groups is 1. The minimum atomic E-state index is -0.877. The maximum atomic E-state index is 13.4. The molecule has 0 spiro atoms. The van der Waals surface area contributed by atoms with Crippen LogP contribution in [-0.2, 0) is 0 Å². The van der Waals surface area contributed by atoms with Crippen LogP contribution >= 0.6 is 0 Å². The SMILES string of the molecule is CCC(C)(CN)NC(=O)c1ccc(F)cc1F. The van der Waals surface area contributed by atoms with Gasteiger partial charge in [-0.1, -0.05) is 6.92 Å². The first kappa shape index (κ1) is 13.6. The monoisotopic (exact) mass is 242 g/mol. The number of hydrogen-bond donors (Lipinski definition) is 2. The van der Waals surface area contributed by atoms with Crippen molar-refractivity contribution in [2.24, 2.45) is 5.73 Å². The molecular weight excluding hydrogens is 226 g/mol. The molecule has 0 aliphatic heterocycles. The van der Waals surface area contributed by atoms with Gasteiger partial charge in [0.2, 0.25) is 0 Å². The molecule has 1 unspecified atom stereocenters. The molecule has 94 valence electrons. The van der Waals surface area contributed by atoms with Crippen molar-refractivity contribution >= 4 is 5.91 Å². The third kappa shape index (κ3) is 3.23. The third-order valence-electron chi connectivity index (χ3n) is 2.82. The van der Waals surface area contributed by atoms with Gasteiger partial charge in [0.1, 0.15) is 11.6 Å². The molecule has 1 amide bonds. The summed E-state index contributed by atoms with van der Waals surface area (Å²) in [5.41, 5.74) is 4.77. The number of rotatable bonds is 4. The fourth-order valence-electron chi connectivity index (χ4n) is 1.30. The molecule has 0 fully saturated rings. The normalized spacial score (nSPS) is 14.2. The molecule has 0 radical (unpaired) electrons. The van der Waals surface area contributed by atoms with E-state index >= 15 is 0 Å². The molecule has 1 atom stereocenters. The molecule has 1 aromatic rings. The highest BCUT2D eigenvalue weighted by atomic mass is 19.1. The van der Waals surface area contributed by atoms with E-state index in [1.807, 2.05) is 6.92 Å². The Morgan fingerprint density at radius 1 is 1.47 bits per heavy atom. The van der Waals surface area contributed by atoms with Crippen LogP contribution in [0.25, 0.3) is 0 Å². The summed E-state index contributed by atoms with van der Waals surface area (Å²) in [5, 5.41) is 2.64. The molecule has 3 N–H and O–H groups in total. The van der Waals surface area contributed by atoms with E-state index in [1.54, 1.807) is 6.92 Å². The molecule has 0 aliphatic carbocycles. The molecule has 0 bridgehead atoms. The number of amides is 1. The molecule has 1 aromatic carbocycles. The second-order valence-corrected chi connectivity index (χ2v) is 4.20. The Hall–Kier alpha value is -1.49. The Morgan fingerprint density at radius 3 is 2.59 bits per heavy atom. The van der Waals surface area contributed by atoms with Gasteiger partial charge in [0, 0.05) is 18.2 Å². The minimum Gasteiger partial charge on any atom is -0.346 e. The average Bonchev–Trinajstić information content (AvgIpc) is 2.28. The Balaban J connectivity index is 2.90. The highest BCUT2D eigenvalue weighted by Gasteiger charge is 2.24. The van der Waals surface area contributed by atoms with Crippen LogP contribution in [0.5, 0.6) is 0 Å². The lowest BCUT2D eigenvalue weighted by atomic mass is 9.98. The van der Waals surface area contributed by atoms with Crippen LogP contribution < -0.4 is 11.1 Å². The first-order chi connectivity index (χ1) is 7.91. The predicted octanol–water partition coefficient (Wildman–Crippen LogP) is 1.82. The Kier molecular flexibility index (Phi) is 4.17. The number of benzene rings is 1. The number of nitrogens with two attached hydrogens (primary N) is 1. The summed E-state index contributed by atoms with van der Waals surface area (Å²) in [6.07, 6.45) is 0.623. The molecule has 3 nitrogen and oxygen atoms in total. The van der Waals surface area contributed by atoms with Crippen molar-refractivity contribution < 1.29 is 13.6 Å². The second-order valence-electron chi connectivity index (χ2n) is 4.20. The standard InChI is InChI=1S/C12H16F2N2O/c1-3-12(2,7-15)16-11(17)9-5-4-8(13)6-10(9)14/h4-6H,3,7,15H2,1-2H3,(H,16,17). The summed E-state index contributed by atoms with van der Waals surface area (Å²) < 4.78 is 26.0. The molecule has 5 heteroatoms. The van der Waals surface area contributed by atoms with Gasteiger partial charge in [-0.3, -0.25) is 4.79 Å². The van der Waals surface area contributed by atoms with E-state index in [-0.39, 0.29) is 12.1 Å². The Labute approximate surface area is 99.0 Å². The number of carbonyl (C=O) groups excluding carboxylic acids is 1. The van der Waals surface area contributed by atoms with Crippen LogP contribution in [0.2, 0.25) is 0 Å². The van der Waals surface area contributed by atoms with Crippen LogP contribution in [0.4, 0.5) is 8.78 Å². The van der Waals surface area contributed by atoms with Crippen LogP contribution in [-0.4, -0.2) is 18.0 Å². The number of nitrogens with one attached hydrogen (secondary N) is 1. The van der Waals surface area contributed by atoms with E-state index < -0.39 is 23.1 Å². The van der Waals surface area contributed by atoms with Gasteiger partial charge < -0.3 is 11.1 Å². The van der Waals surface area contributed by atoms with Gasteiger partial charge in [0.15, 0.2) is 0 Å². The smallest absolute Gasteiger partial charge is 0.254 e. The first-order valence-electron chi connectivity index (χ1n) is 5.39. The van der Waals surface area contributed by atoms with Crippen molar-refractivity contribution in [3.8, 4) is 0 Å². The topological polar surface area (TPSA) is 55.1 Å². The van der Waals surface area contributed by atoms with Crippen molar-refractivity contribution in [3.05, 3.63) is 35.4 Å². The molecular formula is C12H16F2N2O. The molecule has 0 aliphatic rings. The van der Waals surface area contributed by atoms with E-state index in [1.165, 1.54) is 0 Å². The van der Waals surface area contributed by atoms with Crippen molar-refractivity contribution in [2.45, 2.75) is 25.8 Å². The number of halogens is 2.